The molecule has 1 amide bonds. The van der Waals surface area contributed by atoms with Gasteiger partial charge in [-0.15, -0.1) is 0 Å². The molecule has 21 heavy (non-hydrogen) atoms. The molecule has 2 rings (SSSR count). The van der Waals surface area contributed by atoms with Crippen molar-refractivity contribution in [2.24, 2.45) is 0 Å². The minimum absolute atomic E-state index is 0.0935. The number of rotatable bonds is 3. The molecular weight excluding hydrogens is 275 g/mol. The number of amides is 1. The van der Waals surface area contributed by atoms with Gasteiger partial charge in [0.2, 0.25) is 0 Å². The van der Waals surface area contributed by atoms with E-state index in [0.717, 1.165) is 12.1 Å². The van der Waals surface area contributed by atoms with E-state index in [-0.39, 0.29) is 11.3 Å². The molecule has 5 nitrogen and oxygen atoms in total. The van der Waals surface area contributed by atoms with E-state index in [1.807, 2.05) is 0 Å². The van der Waals surface area contributed by atoms with Crippen molar-refractivity contribution >= 4 is 23.3 Å². The standard InChI is InChI=1S/C15H13FN2O3/c1-21-15(20)9-3-2-4-13(7-9)18-14(19)10-5-11(16)8-12(17)6-10/h2-8H,17H2,1H3,(H,18,19). The van der Waals surface area contributed by atoms with Crippen LogP contribution in [0, 0.1) is 5.82 Å². The number of benzene rings is 2. The fraction of sp³-hybridized carbons (Fsp3) is 0.0667. The molecule has 0 atom stereocenters. The van der Waals surface area contributed by atoms with Gasteiger partial charge in [0, 0.05) is 16.9 Å². The molecule has 0 aliphatic carbocycles. The Balaban J connectivity index is 2.21. The van der Waals surface area contributed by atoms with Crippen LogP contribution in [-0.4, -0.2) is 19.0 Å². The molecule has 0 aromatic heterocycles. The normalized spacial score (nSPS) is 10.0. The number of esters is 1. The summed E-state index contributed by atoms with van der Waals surface area (Å²) in [6, 6.07) is 9.79. The minimum Gasteiger partial charge on any atom is -0.465 e. The van der Waals surface area contributed by atoms with Crippen LogP contribution in [0.4, 0.5) is 15.8 Å². The molecule has 108 valence electrons. The maximum Gasteiger partial charge on any atom is 0.337 e. The lowest BCUT2D eigenvalue weighted by Gasteiger charge is -2.07. The molecule has 0 aliphatic heterocycles. The van der Waals surface area contributed by atoms with E-state index in [1.54, 1.807) is 18.2 Å². The van der Waals surface area contributed by atoms with Crippen LogP contribution < -0.4 is 11.1 Å². The third kappa shape index (κ3) is 3.56. The average molecular weight is 288 g/mol. The Morgan fingerprint density at radius 1 is 1.14 bits per heavy atom. The van der Waals surface area contributed by atoms with Gasteiger partial charge in [-0.25, -0.2) is 9.18 Å². The Morgan fingerprint density at radius 2 is 1.90 bits per heavy atom. The van der Waals surface area contributed by atoms with Gasteiger partial charge in [0.25, 0.3) is 5.91 Å². The number of carbonyl (C=O) groups excluding carboxylic acids is 2. The summed E-state index contributed by atoms with van der Waals surface area (Å²) in [6.07, 6.45) is 0. The summed E-state index contributed by atoms with van der Waals surface area (Å²) < 4.78 is 17.8. The second-order valence-corrected chi connectivity index (χ2v) is 4.30. The summed E-state index contributed by atoms with van der Waals surface area (Å²) >= 11 is 0. The zero-order valence-corrected chi connectivity index (χ0v) is 11.2. The highest BCUT2D eigenvalue weighted by molar-refractivity contribution is 6.05. The first-order valence-corrected chi connectivity index (χ1v) is 6.05. The Hall–Kier alpha value is -2.89. The molecule has 0 aliphatic rings. The second kappa shape index (κ2) is 6.04. The molecule has 0 radical (unpaired) electrons. The maximum atomic E-state index is 13.2. The quantitative estimate of drug-likeness (QED) is 0.671. The van der Waals surface area contributed by atoms with Crippen molar-refractivity contribution < 1.29 is 18.7 Å². The van der Waals surface area contributed by atoms with Crippen LogP contribution in [-0.2, 0) is 4.74 Å². The lowest BCUT2D eigenvalue weighted by molar-refractivity contribution is 0.0600. The smallest absolute Gasteiger partial charge is 0.337 e. The van der Waals surface area contributed by atoms with Gasteiger partial charge in [-0.05, 0) is 36.4 Å². The lowest BCUT2D eigenvalue weighted by atomic mass is 10.1. The molecule has 2 aromatic carbocycles. The molecule has 0 saturated heterocycles. The SMILES string of the molecule is COC(=O)c1cccc(NC(=O)c2cc(N)cc(F)c2)c1. The van der Waals surface area contributed by atoms with Gasteiger partial charge in [-0.3, -0.25) is 4.79 Å². The Labute approximate surface area is 120 Å². The molecule has 0 saturated carbocycles. The number of halogens is 1. The Kier molecular flexibility index (Phi) is 4.18. The van der Waals surface area contributed by atoms with Crippen molar-refractivity contribution in [1.82, 2.24) is 0 Å². The molecule has 2 aromatic rings. The zero-order chi connectivity index (χ0) is 15.4. The van der Waals surface area contributed by atoms with Crippen molar-refractivity contribution in [1.29, 1.82) is 0 Å². The van der Waals surface area contributed by atoms with Gasteiger partial charge in [0.05, 0.1) is 12.7 Å². The van der Waals surface area contributed by atoms with Crippen LogP contribution in [0.15, 0.2) is 42.5 Å². The highest BCUT2D eigenvalue weighted by Crippen LogP contribution is 2.15. The predicted octanol–water partition coefficient (Wildman–Crippen LogP) is 2.45. The van der Waals surface area contributed by atoms with Gasteiger partial charge in [0.15, 0.2) is 0 Å². The highest BCUT2D eigenvalue weighted by atomic mass is 19.1. The number of nitrogen functional groups attached to an aromatic ring is 1. The predicted molar refractivity (Wildman–Crippen MR) is 76.5 cm³/mol. The van der Waals surface area contributed by atoms with E-state index in [2.05, 4.69) is 10.1 Å². The first-order valence-electron chi connectivity index (χ1n) is 6.05. The highest BCUT2D eigenvalue weighted by Gasteiger charge is 2.10. The first kappa shape index (κ1) is 14.5. The van der Waals surface area contributed by atoms with E-state index < -0.39 is 17.7 Å². The summed E-state index contributed by atoms with van der Waals surface area (Å²) in [6.45, 7) is 0. The fourth-order valence-corrected chi connectivity index (χ4v) is 1.79. The average Bonchev–Trinajstić information content (AvgIpc) is 2.45. The number of nitrogens with one attached hydrogen (secondary N) is 1. The lowest BCUT2D eigenvalue weighted by Crippen LogP contribution is -2.13. The van der Waals surface area contributed by atoms with Crippen LogP contribution in [0.2, 0.25) is 0 Å². The van der Waals surface area contributed by atoms with E-state index in [4.69, 9.17) is 5.73 Å². The molecule has 3 N–H and O–H groups in total. The van der Waals surface area contributed by atoms with Crippen LogP contribution in [0.3, 0.4) is 0 Å². The van der Waals surface area contributed by atoms with Crippen LogP contribution in [0.1, 0.15) is 20.7 Å². The van der Waals surface area contributed by atoms with Gasteiger partial charge in [0.1, 0.15) is 5.82 Å². The van der Waals surface area contributed by atoms with Crippen molar-refractivity contribution in [2.75, 3.05) is 18.2 Å². The van der Waals surface area contributed by atoms with Crippen molar-refractivity contribution in [3.63, 3.8) is 0 Å². The number of methoxy groups -OCH3 is 1. The van der Waals surface area contributed by atoms with Gasteiger partial charge >= 0.3 is 5.97 Å². The summed E-state index contributed by atoms with van der Waals surface area (Å²) in [5.74, 6) is -1.63. The molecule has 0 fully saturated rings. The van der Waals surface area contributed by atoms with Crippen molar-refractivity contribution in [2.45, 2.75) is 0 Å². The number of hydrogen-bond acceptors (Lipinski definition) is 4. The molecule has 6 heteroatoms. The Bertz CT molecular complexity index is 681. The summed E-state index contributed by atoms with van der Waals surface area (Å²) in [4.78, 5) is 23.4. The van der Waals surface area contributed by atoms with E-state index in [0.29, 0.717) is 11.3 Å². The minimum atomic E-state index is -0.594. The Morgan fingerprint density at radius 3 is 2.57 bits per heavy atom. The van der Waals surface area contributed by atoms with Crippen molar-refractivity contribution in [3.8, 4) is 0 Å². The number of carbonyl (C=O) groups is 2. The molecule has 0 heterocycles. The number of hydrogen-bond donors (Lipinski definition) is 2. The summed E-state index contributed by atoms with van der Waals surface area (Å²) in [5, 5.41) is 2.56. The third-order valence-corrected chi connectivity index (χ3v) is 2.72. The first-order chi connectivity index (χ1) is 9.99. The van der Waals surface area contributed by atoms with E-state index >= 15 is 0 Å². The van der Waals surface area contributed by atoms with Crippen LogP contribution >= 0.6 is 0 Å². The van der Waals surface area contributed by atoms with Crippen LogP contribution in [0.25, 0.3) is 0 Å². The third-order valence-electron chi connectivity index (χ3n) is 2.72. The topological polar surface area (TPSA) is 81.4 Å². The zero-order valence-electron chi connectivity index (χ0n) is 11.2. The van der Waals surface area contributed by atoms with E-state index in [1.165, 1.54) is 19.2 Å². The largest absolute Gasteiger partial charge is 0.465 e. The molecule has 0 spiro atoms. The molecular formula is C15H13FN2O3. The van der Waals surface area contributed by atoms with Gasteiger partial charge in [-0.1, -0.05) is 6.07 Å². The van der Waals surface area contributed by atoms with Gasteiger partial charge in [-0.2, -0.15) is 0 Å². The molecule has 0 bridgehead atoms. The second-order valence-electron chi connectivity index (χ2n) is 4.30. The monoisotopic (exact) mass is 288 g/mol. The van der Waals surface area contributed by atoms with Crippen LogP contribution in [0.5, 0.6) is 0 Å². The maximum absolute atomic E-state index is 13.2. The fourth-order valence-electron chi connectivity index (χ4n) is 1.79. The summed E-state index contributed by atoms with van der Waals surface area (Å²) in [5.41, 5.74) is 6.44. The number of anilines is 2. The number of nitrogens with two attached hydrogens (primary N) is 1. The van der Waals surface area contributed by atoms with Gasteiger partial charge < -0.3 is 15.8 Å². The van der Waals surface area contributed by atoms with Crippen molar-refractivity contribution in [3.05, 3.63) is 59.4 Å². The number of ether oxygens (including phenoxy) is 1. The summed E-state index contributed by atoms with van der Waals surface area (Å²) in [7, 11) is 1.27. The van der Waals surface area contributed by atoms with E-state index in [9.17, 15) is 14.0 Å². The molecule has 0 unspecified atom stereocenters.